The van der Waals surface area contributed by atoms with Gasteiger partial charge in [-0.15, -0.1) is 0 Å². The summed E-state index contributed by atoms with van der Waals surface area (Å²) in [6.07, 6.45) is 0. The van der Waals surface area contributed by atoms with E-state index in [1.807, 2.05) is 0 Å². The van der Waals surface area contributed by atoms with Crippen LogP contribution in [0.1, 0.15) is 0 Å². The van der Waals surface area contributed by atoms with Gasteiger partial charge in [0.15, 0.2) is 0 Å². The number of H-pyrrole nitrogens is 3. The lowest BCUT2D eigenvalue weighted by atomic mass is 9.89. The minimum absolute atomic E-state index is 1.17. The predicted molar refractivity (Wildman–Crippen MR) is 553 cm³/mol. The van der Waals surface area contributed by atoms with Crippen molar-refractivity contribution >= 4 is 174 Å². The minimum Gasteiger partial charge on any atom is -0.354 e. The number of nitrogens with one attached hydrogen (secondary N) is 3. The lowest BCUT2D eigenvalue weighted by Gasteiger charge is -2.15. The Bertz CT molecular complexity index is 9420. The van der Waals surface area contributed by atoms with Gasteiger partial charge in [0.2, 0.25) is 0 Å². The number of hydrogen-bond donors (Lipinski definition) is 3. The first-order chi connectivity index (χ1) is 64.5. The topological polar surface area (TPSA) is 62.2 Å². The molecule has 6 heteroatoms. The van der Waals surface area contributed by atoms with Gasteiger partial charge in [-0.3, -0.25) is 0 Å². The van der Waals surface area contributed by atoms with E-state index >= 15 is 0 Å². The Labute approximate surface area is 748 Å². The molecule has 28 rings (SSSR count). The van der Waals surface area contributed by atoms with Crippen molar-refractivity contribution in [2.45, 2.75) is 0 Å². The molecule has 6 nitrogen and oxygen atoms in total. The van der Waals surface area contributed by atoms with E-state index in [0.29, 0.717) is 0 Å². The fourth-order valence-corrected chi connectivity index (χ4v) is 21.4. The predicted octanol–water partition coefficient (Wildman–Crippen LogP) is 33.9. The second-order valence-corrected chi connectivity index (χ2v) is 34.3. The van der Waals surface area contributed by atoms with E-state index in [9.17, 15) is 0 Å². The highest BCUT2D eigenvalue weighted by molar-refractivity contribution is 6.27. The summed E-state index contributed by atoms with van der Waals surface area (Å²) in [5, 5.41) is 25.5. The largest absolute Gasteiger partial charge is 0.354 e. The second kappa shape index (κ2) is 30.2. The number of para-hydroxylation sites is 9. The van der Waals surface area contributed by atoms with Gasteiger partial charge >= 0.3 is 0 Å². The molecule has 3 N–H and O–H groups in total. The zero-order chi connectivity index (χ0) is 85.4. The third-order valence-corrected chi connectivity index (χ3v) is 27.2. The van der Waals surface area contributed by atoms with Gasteiger partial charge in [0, 0.05) is 115 Å². The summed E-state index contributed by atoms with van der Waals surface area (Å²) in [5.41, 5.74) is 32.6. The summed E-state index contributed by atoms with van der Waals surface area (Å²) in [6, 6.07) is 170. The molecule has 28 aromatic rings. The van der Waals surface area contributed by atoms with Crippen molar-refractivity contribution in [1.29, 1.82) is 0 Å². The summed E-state index contributed by atoms with van der Waals surface area (Å²) in [7, 11) is 0. The van der Waals surface area contributed by atoms with Crippen LogP contribution in [0.25, 0.3) is 258 Å². The van der Waals surface area contributed by atoms with Gasteiger partial charge in [-0.25, -0.2) is 0 Å². The minimum atomic E-state index is 1.17. The smallest absolute Gasteiger partial charge is 0.0547 e. The zero-order valence-corrected chi connectivity index (χ0v) is 70.8. The van der Waals surface area contributed by atoms with Gasteiger partial charge in [0.05, 0.1) is 33.1 Å². The number of nitrogens with zero attached hydrogens (tertiary/aromatic N) is 3. The van der Waals surface area contributed by atoms with Gasteiger partial charge in [0.1, 0.15) is 0 Å². The molecular weight excluding hydrogens is 1570 g/mol. The van der Waals surface area contributed by atoms with Gasteiger partial charge in [0.25, 0.3) is 0 Å². The Morgan fingerprint density at radius 1 is 0.123 bits per heavy atom. The van der Waals surface area contributed by atoms with Crippen LogP contribution in [-0.4, -0.2) is 28.7 Å². The Kier molecular flexibility index (Phi) is 17.2. The molecular formula is C124H80N6. The molecule has 0 saturated heterocycles. The summed E-state index contributed by atoms with van der Waals surface area (Å²) in [4.78, 5) is 11.1. The number of aromatic amines is 3. The van der Waals surface area contributed by atoms with E-state index in [4.69, 9.17) is 0 Å². The zero-order valence-electron chi connectivity index (χ0n) is 70.8. The highest BCUT2D eigenvalue weighted by Crippen LogP contribution is 2.48. The maximum Gasteiger partial charge on any atom is 0.0547 e. The average Bonchev–Trinajstić information content (AvgIpc) is 1.50. The Morgan fingerprint density at radius 3 is 0.808 bits per heavy atom. The standard InChI is InChI=1S/C44H28N2.2C40H26N2/c1-2-12-29(13-3-1)46-42-21-11-9-17-35(42)36-23-22-28(26-43(36)46)30-24-25-34(32-15-5-4-14-31(30)32)39-27-41-44(37-18-7-6-16-33(37)39)38-19-8-10-20-40(38)45-41;1-2-13-29(14-3-1)42-38-20-9-7-16-31(38)32-22-21-27(24-39(32)42)26-11-10-12-28(23-26)35-25-37-40(33-17-5-4-15-30(33)35)34-18-6-8-19-36(34)41-37;1-2-10-29(11-3-1)42-38-17-9-7-13-31(38)32-23-22-28(24-39(32)42)26-18-20-27(21-19-26)35-25-37-40(33-14-5-4-12-30(33)35)34-15-6-8-16-36(34)41-37/h1-27,45H;2*1-25,41H. The molecule has 0 fully saturated rings. The third-order valence-electron chi connectivity index (χ3n) is 27.2. The molecule has 130 heavy (non-hydrogen) atoms. The summed E-state index contributed by atoms with van der Waals surface area (Å²) >= 11 is 0. The maximum absolute atomic E-state index is 3.71. The molecule has 606 valence electrons. The molecule has 0 bridgehead atoms. The summed E-state index contributed by atoms with van der Waals surface area (Å²) in [6.45, 7) is 0. The molecule has 0 aliphatic rings. The van der Waals surface area contributed by atoms with Gasteiger partial charge in [-0.05, 0) is 225 Å². The van der Waals surface area contributed by atoms with Gasteiger partial charge in [-0.2, -0.15) is 0 Å². The first-order valence-corrected chi connectivity index (χ1v) is 44.8. The fraction of sp³-hybridized carbons (Fsp3) is 0. The van der Waals surface area contributed by atoms with Crippen LogP contribution < -0.4 is 0 Å². The van der Waals surface area contributed by atoms with Crippen molar-refractivity contribution in [3.63, 3.8) is 0 Å². The highest BCUT2D eigenvalue weighted by atomic mass is 15.0. The number of hydrogen-bond acceptors (Lipinski definition) is 0. The van der Waals surface area contributed by atoms with Crippen molar-refractivity contribution in [3.05, 3.63) is 467 Å². The van der Waals surface area contributed by atoms with E-state index in [0.717, 1.165) is 0 Å². The lowest BCUT2D eigenvalue weighted by molar-refractivity contribution is 1.18. The van der Waals surface area contributed by atoms with E-state index in [2.05, 4.69) is 496 Å². The Hall–Kier alpha value is -17.3. The maximum atomic E-state index is 3.71. The van der Waals surface area contributed by atoms with Crippen molar-refractivity contribution < 1.29 is 0 Å². The van der Waals surface area contributed by atoms with Crippen LogP contribution in [0, 0.1) is 0 Å². The normalized spacial score (nSPS) is 11.8. The molecule has 6 aromatic heterocycles. The van der Waals surface area contributed by atoms with E-state index in [1.54, 1.807) is 0 Å². The molecule has 0 amide bonds. The van der Waals surface area contributed by atoms with Crippen LogP contribution in [0.5, 0.6) is 0 Å². The van der Waals surface area contributed by atoms with E-state index < -0.39 is 0 Å². The molecule has 22 aromatic carbocycles. The van der Waals surface area contributed by atoms with Crippen LogP contribution in [0.3, 0.4) is 0 Å². The molecule has 0 spiro atoms. The number of aromatic nitrogens is 6. The molecule has 0 radical (unpaired) electrons. The molecule has 6 heterocycles. The van der Waals surface area contributed by atoms with Crippen molar-refractivity contribution in [1.82, 2.24) is 28.7 Å². The van der Waals surface area contributed by atoms with Gasteiger partial charge in [-0.1, -0.05) is 352 Å². The number of rotatable bonds is 9. The van der Waals surface area contributed by atoms with Crippen molar-refractivity contribution in [2.75, 3.05) is 0 Å². The van der Waals surface area contributed by atoms with Crippen LogP contribution in [-0.2, 0) is 0 Å². The average molecular weight is 1650 g/mol. The van der Waals surface area contributed by atoms with Gasteiger partial charge < -0.3 is 28.7 Å². The molecule has 0 saturated carbocycles. The quantitative estimate of drug-likeness (QED) is 0.129. The van der Waals surface area contributed by atoms with Crippen molar-refractivity contribution in [2.24, 2.45) is 0 Å². The van der Waals surface area contributed by atoms with Crippen LogP contribution in [0.15, 0.2) is 467 Å². The van der Waals surface area contributed by atoms with Crippen LogP contribution >= 0.6 is 0 Å². The first kappa shape index (κ1) is 74.1. The summed E-state index contributed by atoms with van der Waals surface area (Å²) < 4.78 is 7.16. The van der Waals surface area contributed by atoms with E-state index in [1.165, 1.54) is 258 Å². The number of benzene rings is 22. The number of fused-ring (bicyclic) bond motifs is 25. The fourth-order valence-electron chi connectivity index (χ4n) is 21.4. The highest BCUT2D eigenvalue weighted by Gasteiger charge is 2.23. The second-order valence-electron chi connectivity index (χ2n) is 34.3. The first-order valence-electron chi connectivity index (χ1n) is 44.8. The lowest BCUT2D eigenvalue weighted by Crippen LogP contribution is -1.93. The van der Waals surface area contributed by atoms with E-state index in [-0.39, 0.29) is 0 Å². The molecule has 0 aliphatic heterocycles. The van der Waals surface area contributed by atoms with Crippen LogP contribution in [0.4, 0.5) is 0 Å². The van der Waals surface area contributed by atoms with Crippen molar-refractivity contribution in [3.8, 4) is 83.8 Å². The van der Waals surface area contributed by atoms with Crippen LogP contribution in [0.2, 0.25) is 0 Å². The Morgan fingerprint density at radius 2 is 0.385 bits per heavy atom. The summed E-state index contributed by atoms with van der Waals surface area (Å²) in [5.74, 6) is 0. The molecule has 0 atom stereocenters. The third kappa shape index (κ3) is 12.0. The molecule has 0 unspecified atom stereocenters. The monoisotopic (exact) mass is 1650 g/mol. The Balaban J connectivity index is 0.000000103. The molecule has 0 aliphatic carbocycles. The SMILES string of the molecule is c1ccc(-n2c3ccccc3c3ccc(-c4ccc(-c5cc6[nH]c7ccccc7c6c6ccccc56)c5ccccc45)cc32)cc1.c1ccc(-n2c3ccccc3c3ccc(-c4ccc(-c5cc6[nH]c7ccccc7c6c6ccccc56)cc4)cc32)cc1.c1ccc(-n2c3ccccc3c3ccc(-c4cccc(-c5cc6[nH]c7ccccc7c6c6ccccc56)c4)cc32)cc1.